The number of nitrogens with zero attached hydrogens (tertiary/aromatic N) is 9. The molecule has 3 aromatic rings. The quantitative estimate of drug-likeness (QED) is 0.385. The van der Waals surface area contributed by atoms with E-state index in [1.165, 1.54) is 10.7 Å². The van der Waals surface area contributed by atoms with Gasteiger partial charge in [0.1, 0.15) is 6.07 Å². The highest BCUT2D eigenvalue weighted by atomic mass is 35.5. The molecule has 2 aromatic heterocycles. The fourth-order valence-corrected chi connectivity index (χ4v) is 6.46. The molecule has 0 unspecified atom stereocenters. The molecule has 0 atom stereocenters. The first-order valence-corrected chi connectivity index (χ1v) is 15.6. The van der Waals surface area contributed by atoms with Gasteiger partial charge >= 0.3 is 0 Å². The fraction of sp³-hybridized carbons (Fsp3) is 0.533. The average molecular weight is 616 g/mol. The van der Waals surface area contributed by atoms with Crippen LogP contribution in [0.5, 0.6) is 0 Å². The predicted octanol–water partition coefficient (Wildman–Crippen LogP) is 2.99. The number of halogens is 1. The lowest BCUT2D eigenvalue weighted by molar-refractivity contribution is -0.140. The lowest BCUT2D eigenvalue weighted by Gasteiger charge is -2.48. The molecule has 1 saturated carbocycles. The second kappa shape index (κ2) is 12.1. The number of hydrogen-bond donors (Lipinski definition) is 2. The van der Waals surface area contributed by atoms with Crippen molar-refractivity contribution in [3.63, 3.8) is 0 Å². The summed E-state index contributed by atoms with van der Waals surface area (Å²) in [5, 5.41) is 30.9. The minimum atomic E-state index is 0.240. The lowest BCUT2D eigenvalue weighted by Crippen LogP contribution is -2.64. The number of fused-ring (bicyclic) bond motifs is 1. The number of amides is 1. The van der Waals surface area contributed by atoms with Crippen molar-refractivity contribution in [3.8, 4) is 12.1 Å². The number of aromatic nitrogens is 4. The standard InChI is InChI=1S/C30H34ClN11O2/c31-27-24(36-30-37-28(35-21-1-2-21)29-34-16-22(15-33)42(29)38-30)11-20(14-32)12-25(27)40-7-5-39(6-8-40)23-17-41(18-23)26(43)13-19-3-9-44-10-4-19/h11-12,16,19,21,23H,1-10,13,17-18H2,(H2,35,36,37,38). The van der Waals surface area contributed by atoms with E-state index in [0.717, 1.165) is 83.9 Å². The first kappa shape index (κ1) is 28.6. The van der Waals surface area contributed by atoms with Gasteiger partial charge in [-0.15, -0.1) is 5.10 Å². The number of anilines is 4. The number of ether oxygens (including phenoxy) is 1. The number of rotatable bonds is 8. The summed E-state index contributed by atoms with van der Waals surface area (Å²) in [6, 6.07) is 8.56. The molecule has 228 valence electrons. The Kier molecular flexibility index (Phi) is 7.85. The summed E-state index contributed by atoms with van der Waals surface area (Å²) in [5.41, 5.74) is 2.51. The Morgan fingerprint density at radius 1 is 1.07 bits per heavy atom. The molecule has 14 heteroatoms. The highest BCUT2D eigenvalue weighted by Gasteiger charge is 2.37. The molecular weight excluding hydrogens is 582 g/mol. The van der Waals surface area contributed by atoms with E-state index in [4.69, 9.17) is 16.3 Å². The van der Waals surface area contributed by atoms with Crippen LogP contribution in [0.15, 0.2) is 18.3 Å². The van der Waals surface area contributed by atoms with E-state index in [9.17, 15) is 15.3 Å². The van der Waals surface area contributed by atoms with Gasteiger partial charge in [-0.05, 0) is 43.7 Å². The van der Waals surface area contributed by atoms with Crippen LogP contribution < -0.4 is 15.5 Å². The smallest absolute Gasteiger partial charge is 0.247 e. The third-order valence-corrected chi connectivity index (χ3v) is 9.41. The summed E-state index contributed by atoms with van der Waals surface area (Å²) in [6.45, 7) is 6.28. The van der Waals surface area contributed by atoms with Gasteiger partial charge in [-0.2, -0.15) is 20.0 Å². The molecule has 2 N–H and O–H groups in total. The van der Waals surface area contributed by atoms with Crippen LogP contribution in [0.3, 0.4) is 0 Å². The zero-order chi connectivity index (χ0) is 30.2. The normalized spacial score (nSPS) is 19.8. The Labute approximate surface area is 260 Å². The number of benzene rings is 1. The van der Waals surface area contributed by atoms with E-state index >= 15 is 0 Å². The Morgan fingerprint density at radius 2 is 1.84 bits per heavy atom. The van der Waals surface area contributed by atoms with Crippen molar-refractivity contribution in [2.75, 3.05) is 68.0 Å². The largest absolute Gasteiger partial charge is 0.381 e. The number of nitrogens with one attached hydrogen (secondary N) is 2. The third-order valence-electron chi connectivity index (χ3n) is 9.01. The van der Waals surface area contributed by atoms with Gasteiger partial charge in [-0.1, -0.05) is 11.6 Å². The van der Waals surface area contributed by atoms with Crippen LogP contribution in [0.25, 0.3) is 5.65 Å². The summed E-state index contributed by atoms with van der Waals surface area (Å²) in [4.78, 5) is 28.4. The summed E-state index contributed by atoms with van der Waals surface area (Å²) in [6.07, 6.45) is 6.15. The van der Waals surface area contributed by atoms with Gasteiger partial charge in [0.05, 0.1) is 34.2 Å². The number of hydrogen-bond acceptors (Lipinski definition) is 11. The topological polar surface area (TPSA) is 151 Å². The Balaban J connectivity index is 1.02. The molecule has 0 bridgehead atoms. The van der Waals surface area contributed by atoms with Gasteiger partial charge in [0, 0.05) is 71.0 Å². The molecule has 1 amide bonds. The number of carbonyl (C=O) groups excluding carboxylic acids is 1. The van der Waals surface area contributed by atoms with E-state index in [-0.39, 0.29) is 17.5 Å². The maximum Gasteiger partial charge on any atom is 0.247 e. The number of imidazole rings is 1. The van der Waals surface area contributed by atoms with E-state index in [2.05, 4.69) is 47.6 Å². The van der Waals surface area contributed by atoms with Crippen LogP contribution in [0.2, 0.25) is 5.02 Å². The summed E-state index contributed by atoms with van der Waals surface area (Å²) in [5.74, 6) is 1.49. The molecule has 13 nitrogen and oxygen atoms in total. The first-order valence-electron chi connectivity index (χ1n) is 15.3. The minimum Gasteiger partial charge on any atom is -0.381 e. The van der Waals surface area contributed by atoms with E-state index < -0.39 is 0 Å². The first-order chi connectivity index (χ1) is 21.5. The number of piperazine rings is 1. The highest BCUT2D eigenvalue weighted by molar-refractivity contribution is 6.36. The molecule has 4 aliphatic rings. The number of carbonyl (C=O) groups is 1. The van der Waals surface area contributed by atoms with Crippen LogP contribution in [0, 0.1) is 28.6 Å². The minimum absolute atomic E-state index is 0.240. The average Bonchev–Trinajstić information content (AvgIpc) is 3.74. The molecule has 5 heterocycles. The Hall–Kier alpha value is -4.17. The third kappa shape index (κ3) is 5.83. The summed E-state index contributed by atoms with van der Waals surface area (Å²) >= 11 is 6.96. The maximum atomic E-state index is 12.8. The Morgan fingerprint density at radius 3 is 2.55 bits per heavy atom. The van der Waals surface area contributed by atoms with Gasteiger partial charge in [0.25, 0.3) is 0 Å². The highest BCUT2D eigenvalue weighted by Crippen LogP contribution is 2.37. The summed E-state index contributed by atoms with van der Waals surface area (Å²) in [7, 11) is 0. The molecule has 0 radical (unpaired) electrons. The second-order valence-electron chi connectivity index (χ2n) is 12.0. The molecule has 1 aliphatic carbocycles. The van der Waals surface area contributed by atoms with Crippen molar-refractivity contribution in [3.05, 3.63) is 34.6 Å². The van der Waals surface area contributed by atoms with Gasteiger partial charge in [-0.25, -0.2) is 4.98 Å². The molecule has 4 fully saturated rings. The van der Waals surface area contributed by atoms with Crippen LogP contribution in [-0.4, -0.2) is 99.9 Å². The number of likely N-dealkylation sites (tertiary alicyclic amines) is 1. The van der Waals surface area contributed by atoms with Crippen molar-refractivity contribution in [1.82, 2.24) is 29.4 Å². The van der Waals surface area contributed by atoms with Gasteiger partial charge in [0.15, 0.2) is 17.2 Å². The predicted molar refractivity (Wildman–Crippen MR) is 164 cm³/mol. The van der Waals surface area contributed by atoms with Crippen molar-refractivity contribution in [1.29, 1.82) is 10.5 Å². The molecule has 3 saturated heterocycles. The van der Waals surface area contributed by atoms with Crippen molar-refractivity contribution < 1.29 is 9.53 Å². The van der Waals surface area contributed by atoms with E-state index in [1.54, 1.807) is 6.07 Å². The molecule has 3 aliphatic heterocycles. The molecule has 44 heavy (non-hydrogen) atoms. The van der Waals surface area contributed by atoms with E-state index in [0.29, 0.717) is 52.2 Å². The monoisotopic (exact) mass is 615 g/mol. The molecule has 7 rings (SSSR count). The van der Waals surface area contributed by atoms with Crippen LogP contribution in [0.1, 0.15) is 43.4 Å². The van der Waals surface area contributed by atoms with Crippen LogP contribution >= 0.6 is 11.6 Å². The van der Waals surface area contributed by atoms with Crippen LogP contribution in [-0.2, 0) is 9.53 Å². The SMILES string of the molecule is N#Cc1cc(Nc2nc(NC3CC3)c3ncc(C#N)n3n2)c(Cl)c(N2CCN(C3CN(C(=O)CC4CCOCC4)C3)CC2)c1. The molecule has 0 spiro atoms. The van der Waals surface area contributed by atoms with Crippen molar-refractivity contribution in [2.24, 2.45) is 5.92 Å². The molecular formula is C30H34ClN11O2. The summed E-state index contributed by atoms with van der Waals surface area (Å²) < 4.78 is 6.89. The van der Waals surface area contributed by atoms with Crippen LogP contribution in [0.4, 0.5) is 23.1 Å². The van der Waals surface area contributed by atoms with Crippen molar-refractivity contribution >= 4 is 46.3 Å². The zero-order valence-electron chi connectivity index (χ0n) is 24.4. The Bertz CT molecular complexity index is 1640. The van der Waals surface area contributed by atoms with Crippen molar-refractivity contribution in [2.45, 2.75) is 44.2 Å². The molecule has 1 aromatic carbocycles. The van der Waals surface area contributed by atoms with Gasteiger partial charge in [-0.3, -0.25) is 9.69 Å². The zero-order valence-corrected chi connectivity index (χ0v) is 25.1. The van der Waals surface area contributed by atoms with Gasteiger partial charge in [0.2, 0.25) is 11.9 Å². The fourth-order valence-electron chi connectivity index (χ4n) is 6.19. The van der Waals surface area contributed by atoms with Gasteiger partial charge < -0.3 is 25.2 Å². The maximum absolute atomic E-state index is 12.8. The number of nitriles is 2. The van der Waals surface area contributed by atoms with E-state index in [1.807, 2.05) is 11.0 Å². The lowest BCUT2D eigenvalue weighted by atomic mass is 9.94. The second-order valence-corrected chi connectivity index (χ2v) is 12.4.